The van der Waals surface area contributed by atoms with Crippen LogP contribution in [0.1, 0.15) is 32.8 Å². The SMILES string of the molecule is Cc1ccc(N(CCCl)CCCl)cc1OC[C@@H](CC(=O)O)NC(=O)OC(C)(C)C. The second kappa shape index (κ2) is 12.0. The number of hydrogen-bond acceptors (Lipinski definition) is 5. The molecule has 0 bridgehead atoms. The van der Waals surface area contributed by atoms with E-state index in [1.807, 2.05) is 30.0 Å². The molecule has 0 radical (unpaired) electrons. The molecule has 0 saturated heterocycles. The van der Waals surface area contributed by atoms with E-state index in [4.69, 9.17) is 37.8 Å². The van der Waals surface area contributed by atoms with Gasteiger partial charge in [-0.15, -0.1) is 23.2 Å². The van der Waals surface area contributed by atoms with Gasteiger partial charge in [-0.2, -0.15) is 0 Å². The second-order valence-electron chi connectivity index (χ2n) is 7.57. The van der Waals surface area contributed by atoms with Crippen molar-refractivity contribution in [3.05, 3.63) is 23.8 Å². The van der Waals surface area contributed by atoms with Gasteiger partial charge in [0.1, 0.15) is 18.0 Å². The summed E-state index contributed by atoms with van der Waals surface area (Å²) in [6.07, 6.45) is -0.976. The van der Waals surface area contributed by atoms with E-state index in [0.717, 1.165) is 11.3 Å². The summed E-state index contributed by atoms with van der Waals surface area (Å²) in [5.74, 6) is 0.469. The quantitative estimate of drug-likeness (QED) is 0.496. The average molecular weight is 449 g/mol. The number of aliphatic carboxylic acids is 1. The van der Waals surface area contributed by atoms with Gasteiger partial charge in [0.25, 0.3) is 0 Å². The minimum Gasteiger partial charge on any atom is -0.491 e. The molecule has 0 heterocycles. The fourth-order valence-electron chi connectivity index (χ4n) is 2.54. The lowest BCUT2D eigenvalue weighted by atomic mass is 10.1. The third-order valence-corrected chi connectivity index (χ3v) is 4.17. The monoisotopic (exact) mass is 448 g/mol. The molecule has 1 aromatic carbocycles. The number of amides is 1. The summed E-state index contributed by atoms with van der Waals surface area (Å²) in [6.45, 7) is 8.35. The molecule has 0 fully saturated rings. The van der Waals surface area contributed by atoms with Crippen LogP contribution in [0, 0.1) is 6.92 Å². The summed E-state index contributed by atoms with van der Waals surface area (Å²) in [6, 6.07) is 4.98. The van der Waals surface area contributed by atoms with Crippen LogP contribution in [-0.4, -0.2) is 60.3 Å². The molecule has 0 aliphatic heterocycles. The smallest absolute Gasteiger partial charge is 0.408 e. The Bertz CT molecular complexity index is 673. The number of alkyl halides is 2. The number of anilines is 1. The Hall–Kier alpha value is -1.86. The minimum atomic E-state index is -1.05. The number of rotatable bonds is 11. The van der Waals surface area contributed by atoms with Gasteiger partial charge in [0.2, 0.25) is 0 Å². The molecule has 0 aromatic heterocycles. The Morgan fingerprint density at radius 3 is 2.34 bits per heavy atom. The number of carbonyl (C=O) groups excluding carboxylic acids is 1. The molecule has 0 aliphatic rings. The van der Waals surface area contributed by atoms with Crippen molar-refractivity contribution in [3.8, 4) is 5.75 Å². The van der Waals surface area contributed by atoms with E-state index in [-0.39, 0.29) is 13.0 Å². The van der Waals surface area contributed by atoms with Crippen molar-refractivity contribution in [2.24, 2.45) is 0 Å². The number of benzene rings is 1. The van der Waals surface area contributed by atoms with Gasteiger partial charge in [0.15, 0.2) is 0 Å². The zero-order chi connectivity index (χ0) is 22.0. The van der Waals surface area contributed by atoms with Crippen molar-refractivity contribution in [2.45, 2.75) is 45.8 Å². The molecule has 1 amide bonds. The minimum absolute atomic E-state index is 0.0130. The van der Waals surface area contributed by atoms with Gasteiger partial charge in [0.05, 0.1) is 12.5 Å². The van der Waals surface area contributed by atoms with Crippen molar-refractivity contribution < 1.29 is 24.2 Å². The number of nitrogens with zero attached hydrogens (tertiary/aromatic N) is 1. The number of ether oxygens (including phenoxy) is 2. The molecule has 0 spiro atoms. The first kappa shape index (κ1) is 25.2. The molecule has 1 aromatic rings. The molecule has 164 valence electrons. The Labute approximate surface area is 182 Å². The van der Waals surface area contributed by atoms with Gasteiger partial charge in [0, 0.05) is 36.6 Å². The lowest BCUT2D eigenvalue weighted by Gasteiger charge is -2.25. The van der Waals surface area contributed by atoms with E-state index in [1.54, 1.807) is 20.8 Å². The van der Waals surface area contributed by atoms with Gasteiger partial charge in [-0.25, -0.2) is 4.79 Å². The van der Waals surface area contributed by atoms with Crippen LogP contribution in [-0.2, 0) is 9.53 Å². The summed E-state index contributed by atoms with van der Waals surface area (Å²) in [7, 11) is 0. The predicted octanol–water partition coefficient (Wildman–Crippen LogP) is 4.03. The zero-order valence-electron chi connectivity index (χ0n) is 17.3. The molecule has 9 heteroatoms. The molecule has 1 atom stereocenters. The number of hydrogen-bond donors (Lipinski definition) is 2. The van der Waals surface area contributed by atoms with Gasteiger partial charge < -0.3 is 24.8 Å². The lowest BCUT2D eigenvalue weighted by molar-refractivity contribution is -0.137. The Morgan fingerprint density at radius 1 is 1.21 bits per heavy atom. The molecular weight excluding hydrogens is 419 g/mol. The number of halogens is 2. The molecule has 7 nitrogen and oxygen atoms in total. The first-order valence-corrected chi connectivity index (χ1v) is 10.4. The van der Waals surface area contributed by atoms with Crippen molar-refractivity contribution in [2.75, 3.05) is 36.4 Å². The fraction of sp³-hybridized carbons (Fsp3) is 0.600. The Morgan fingerprint density at radius 2 is 1.83 bits per heavy atom. The number of carboxylic acids is 1. The van der Waals surface area contributed by atoms with Crippen molar-refractivity contribution in [1.29, 1.82) is 0 Å². The number of alkyl carbamates (subject to hydrolysis) is 1. The van der Waals surface area contributed by atoms with Crippen molar-refractivity contribution >= 4 is 41.0 Å². The highest BCUT2D eigenvalue weighted by atomic mass is 35.5. The van der Waals surface area contributed by atoms with Crippen LogP contribution in [0.3, 0.4) is 0 Å². The molecular formula is C20H30Cl2N2O5. The largest absolute Gasteiger partial charge is 0.491 e. The standard InChI is InChI=1S/C20H30Cl2N2O5/c1-14-5-6-16(24(9-7-21)10-8-22)12-17(14)28-13-15(11-18(25)26)23-19(27)29-20(2,3)4/h5-6,12,15H,7-11,13H2,1-4H3,(H,23,27)(H,25,26)/t15-/m1/s1. The molecule has 1 rings (SSSR count). The summed E-state index contributed by atoms with van der Waals surface area (Å²) in [5.41, 5.74) is 1.11. The summed E-state index contributed by atoms with van der Waals surface area (Å²) in [5, 5.41) is 11.7. The molecule has 29 heavy (non-hydrogen) atoms. The molecule has 0 saturated carbocycles. The van der Waals surface area contributed by atoms with Gasteiger partial charge in [-0.05, 0) is 39.3 Å². The third-order valence-electron chi connectivity index (χ3n) is 3.83. The van der Waals surface area contributed by atoms with E-state index < -0.39 is 23.7 Å². The Kier molecular flexibility index (Phi) is 10.4. The summed E-state index contributed by atoms with van der Waals surface area (Å²) < 4.78 is 11.1. The highest BCUT2D eigenvalue weighted by Gasteiger charge is 2.22. The number of carbonyl (C=O) groups is 2. The molecule has 0 unspecified atom stereocenters. The van der Waals surface area contributed by atoms with Crippen LogP contribution in [0.15, 0.2) is 18.2 Å². The first-order chi connectivity index (χ1) is 13.6. The summed E-state index contributed by atoms with van der Waals surface area (Å²) >= 11 is 11.7. The third kappa shape index (κ3) is 9.94. The maximum atomic E-state index is 12.0. The number of carboxylic acid groups (broad SMARTS) is 1. The van der Waals surface area contributed by atoms with E-state index in [9.17, 15) is 9.59 Å². The van der Waals surface area contributed by atoms with Gasteiger partial charge in [-0.3, -0.25) is 4.79 Å². The summed E-state index contributed by atoms with van der Waals surface area (Å²) in [4.78, 5) is 25.2. The van der Waals surface area contributed by atoms with E-state index >= 15 is 0 Å². The van der Waals surface area contributed by atoms with Crippen LogP contribution in [0.25, 0.3) is 0 Å². The topological polar surface area (TPSA) is 88.1 Å². The van der Waals surface area contributed by atoms with E-state index in [1.165, 1.54) is 0 Å². The predicted molar refractivity (Wildman–Crippen MR) is 116 cm³/mol. The highest BCUT2D eigenvalue weighted by Crippen LogP contribution is 2.26. The first-order valence-electron chi connectivity index (χ1n) is 9.37. The number of nitrogens with one attached hydrogen (secondary N) is 1. The van der Waals surface area contributed by atoms with Crippen LogP contribution in [0.2, 0.25) is 0 Å². The molecule has 2 N–H and O–H groups in total. The normalized spacial score (nSPS) is 12.2. The molecule has 0 aliphatic carbocycles. The Balaban J connectivity index is 2.88. The van der Waals surface area contributed by atoms with Crippen LogP contribution in [0.4, 0.5) is 10.5 Å². The van der Waals surface area contributed by atoms with E-state index in [0.29, 0.717) is 30.6 Å². The second-order valence-corrected chi connectivity index (χ2v) is 8.32. The van der Waals surface area contributed by atoms with Crippen LogP contribution < -0.4 is 15.0 Å². The van der Waals surface area contributed by atoms with Crippen LogP contribution in [0.5, 0.6) is 5.75 Å². The van der Waals surface area contributed by atoms with E-state index in [2.05, 4.69) is 5.32 Å². The maximum absolute atomic E-state index is 12.0. The maximum Gasteiger partial charge on any atom is 0.408 e. The van der Waals surface area contributed by atoms with Crippen molar-refractivity contribution in [1.82, 2.24) is 5.32 Å². The highest BCUT2D eigenvalue weighted by molar-refractivity contribution is 6.18. The lowest BCUT2D eigenvalue weighted by Crippen LogP contribution is -2.43. The van der Waals surface area contributed by atoms with Crippen molar-refractivity contribution in [3.63, 3.8) is 0 Å². The fourth-order valence-corrected chi connectivity index (χ4v) is 2.95. The van der Waals surface area contributed by atoms with Gasteiger partial charge in [-0.1, -0.05) is 6.07 Å². The number of aryl methyl sites for hydroxylation is 1. The zero-order valence-corrected chi connectivity index (χ0v) is 18.8. The average Bonchev–Trinajstić information content (AvgIpc) is 2.58. The van der Waals surface area contributed by atoms with Crippen LogP contribution >= 0.6 is 23.2 Å². The van der Waals surface area contributed by atoms with Gasteiger partial charge >= 0.3 is 12.1 Å².